The lowest BCUT2D eigenvalue weighted by molar-refractivity contribution is -0.126. The molecular formula is C25H20ClFN6OS. The smallest absolute Gasteiger partial charge is 0.246 e. The van der Waals surface area contributed by atoms with Crippen LogP contribution in [0, 0.1) is 24.1 Å². The van der Waals surface area contributed by atoms with E-state index in [1.54, 1.807) is 17.0 Å². The van der Waals surface area contributed by atoms with Gasteiger partial charge >= 0.3 is 0 Å². The van der Waals surface area contributed by atoms with Crippen molar-refractivity contribution in [2.45, 2.75) is 6.92 Å². The lowest BCUT2D eigenvalue weighted by Crippen LogP contribution is -2.48. The summed E-state index contributed by atoms with van der Waals surface area (Å²) < 4.78 is 17.0. The van der Waals surface area contributed by atoms with Crippen molar-refractivity contribution in [1.29, 1.82) is 5.26 Å². The monoisotopic (exact) mass is 506 g/mol. The number of thiazole rings is 1. The predicted molar refractivity (Wildman–Crippen MR) is 138 cm³/mol. The number of hydrogen-bond acceptors (Lipinski definition) is 7. The molecule has 0 unspecified atom stereocenters. The average Bonchev–Trinajstić information content (AvgIpc) is 3.26. The van der Waals surface area contributed by atoms with E-state index in [2.05, 4.69) is 22.6 Å². The highest BCUT2D eigenvalue weighted by Crippen LogP contribution is 2.43. The van der Waals surface area contributed by atoms with Crippen molar-refractivity contribution in [3.8, 4) is 17.2 Å². The predicted octanol–water partition coefficient (Wildman–Crippen LogP) is 4.90. The van der Waals surface area contributed by atoms with E-state index in [0.717, 1.165) is 10.3 Å². The highest BCUT2D eigenvalue weighted by molar-refractivity contribution is 7.22. The number of benzene rings is 2. The van der Waals surface area contributed by atoms with Crippen molar-refractivity contribution < 1.29 is 9.18 Å². The molecule has 3 heterocycles. The highest BCUT2D eigenvalue weighted by atomic mass is 35.5. The molecule has 7 nitrogen and oxygen atoms in total. The third-order valence-electron chi connectivity index (χ3n) is 6.25. The largest absolute Gasteiger partial charge is 0.375 e. The third-order valence-corrected chi connectivity index (χ3v) is 7.57. The normalized spacial score (nSPS) is 13.9. The summed E-state index contributed by atoms with van der Waals surface area (Å²) in [5.41, 5.74) is 9.23. The van der Waals surface area contributed by atoms with Gasteiger partial charge < -0.3 is 15.5 Å². The van der Waals surface area contributed by atoms with E-state index in [4.69, 9.17) is 17.3 Å². The average molecular weight is 507 g/mol. The fourth-order valence-electron chi connectivity index (χ4n) is 4.55. The minimum atomic E-state index is -0.588. The Kier molecular flexibility index (Phi) is 5.79. The van der Waals surface area contributed by atoms with E-state index in [-0.39, 0.29) is 22.0 Å². The number of halogens is 2. The molecular weight excluding hydrogens is 487 g/mol. The number of piperazine rings is 1. The molecule has 0 bridgehead atoms. The van der Waals surface area contributed by atoms with Crippen LogP contribution < -0.4 is 10.6 Å². The van der Waals surface area contributed by atoms with Crippen LogP contribution in [-0.4, -0.2) is 47.0 Å². The van der Waals surface area contributed by atoms with E-state index >= 15 is 4.39 Å². The molecule has 0 radical (unpaired) electrons. The summed E-state index contributed by atoms with van der Waals surface area (Å²) in [6.07, 6.45) is 2.66. The zero-order chi connectivity index (χ0) is 24.9. The highest BCUT2D eigenvalue weighted by Gasteiger charge is 2.26. The maximum absolute atomic E-state index is 16.1. The van der Waals surface area contributed by atoms with Crippen LogP contribution in [0.4, 0.5) is 15.2 Å². The van der Waals surface area contributed by atoms with Crippen LogP contribution in [0.15, 0.2) is 37.1 Å². The SMILES string of the molecule is C=CC(=O)N1CCN(c2c(C#N)cnc3c(F)c(-c4ccc(C)c5sc(N)nc45)c(Cl)cc23)CC1. The van der Waals surface area contributed by atoms with Crippen LogP contribution in [0.5, 0.6) is 0 Å². The first-order valence-electron chi connectivity index (χ1n) is 10.9. The number of rotatable bonds is 3. The summed E-state index contributed by atoms with van der Waals surface area (Å²) in [6, 6.07) is 7.48. The zero-order valence-electron chi connectivity index (χ0n) is 18.8. The van der Waals surface area contributed by atoms with Crippen molar-refractivity contribution in [1.82, 2.24) is 14.9 Å². The number of aromatic nitrogens is 2. The Bertz CT molecular complexity index is 1570. The maximum Gasteiger partial charge on any atom is 0.246 e. The van der Waals surface area contributed by atoms with Crippen LogP contribution >= 0.6 is 22.9 Å². The molecule has 0 saturated carbocycles. The zero-order valence-corrected chi connectivity index (χ0v) is 20.4. The second-order valence-electron chi connectivity index (χ2n) is 8.25. The molecule has 1 aliphatic rings. The van der Waals surface area contributed by atoms with E-state index in [1.165, 1.54) is 23.6 Å². The lowest BCUT2D eigenvalue weighted by atomic mass is 9.98. The molecule has 2 N–H and O–H groups in total. The Morgan fingerprint density at radius 1 is 1.31 bits per heavy atom. The number of aryl methyl sites for hydroxylation is 1. The number of fused-ring (bicyclic) bond motifs is 2. The van der Waals surface area contributed by atoms with Gasteiger partial charge in [0.05, 0.1) is 26.5 Å². The summed E-state index contributed by atoms with van der Waals surface area (Å²) in [7, 11) is 0. The Morgan fingerprint density at radius 3 is 2.74 bits per heavy atom. The van der Waals surface area contributed by atoms with Crippen molar-refractivity contribution in [2.24, 2.45) is 0 Å². The standard InChI is InChI=1S/C25H20ClFN6OS/c1-3-18(34)32-6-8-33(9-7-32)23-14(11-28)12-30-21-16(23)10-17(26)19(20(21)27)15-5-4-13(2)24-22(15)31-25(29)35-24/h3-5,10,12H,1,6-9H2,2H3,(H2,29,31). The molecule has 1 aliphatic heterocycles. The van der Waals surface area contributed by atoms with Crippen LogP contribution in [0.25, 0.3) is 32.2 Å². The fourth-order valence-corrected chi connectivity index (χ4v) is 5.67. The molecule has 1 fully saturated rings. The number of amides is 1. The second-order valence-corrected chi connectivity index (χ2v) is 9.69. The summed E-state index contributed by atoms with van der Waals surface area (Å²) in [4.78, 5) is 24.3. The van der Waals surface area contributed by atoms with Crippen molar-refractivity contribution in [3.05, 3.63) is 59.0 Å². The van der Waals surface area contributed by atoms with Gasteiger partial charge in [-0.2, -0.15) is 5.26 Å². The van der Waals surface area contributed by atoms with Gasteiger partial charge in [-0.1, -0.05) is 41.6 Å². The minimum absolute atomic E-state index is 0.111. The number of nitrogen functional groups attached to an aromatic ring is 1. The Morgan fingerprint density at radius 2 is 2.06 bits per heavy atom. The van der Waals surface area contributed by atoms with Gasteiger partial charge in [-0.3, -0.25) is 9.78 Å². The minimum Gasteiger partial charge on any atom is -0.375 e. The Hall–Kier alpha value is -3.74. The molecule has 1 saturated heterocycles. The molecule has 35 heavy (non-hydrogen) atoms. The summed E-state index contributed by atoms with van der Waals surface area (Å²) in [5.74, 6) is -0.731. The first-order chi connectivity index (χ1) is 16.8. The third kappa shape index (κ3) is 3.75. The summed E-state index contributed by atoms with van der Waals surface area (Å²) in [5, 5.41) is 10.8. The van der Waals surface area contributed by atoms with Gasteiger partial charge in [0, 0.05) is 48.9 Å². The quantitative estimate of drug-likeness (QED) is 0.397. The molecule has 2 aromatic carbocycles. The van der Waals surface area contributed by atoms with Crippen molar-refractivity contribution in [3.63, 3.8) is 0 Å². The first kappa shape index (κ1) is 23.0. The van der Waals surface area contributed by atoms with Gasteiger partial charge in [0.15, 0.2) is 10.9 Å². The molecule has 4 aromatic rings. The molecule has 1 amide bonds. The molecule has 0 atom stereocenters. The van der Waals surface area contributed by atoms with Gasteiger partial charge in [-0.05, 0) is 24.6 Å². The molecule has 0 spiro atoms. The van der Waals surface area contributed by atoms with Crippen molar-refractivity contribution in [2.75, 3.05) is 36.8 Å². The Labute approximate surface area is 209 Å². The lowest BCUT2D eigenvalue weighted by Gasteiger charge is -2.36. The number of hydrogen-bond donors (Lipinski definition) is 1. The molecule has 5 rings (SSSR count). The maximum atomic E-state index is 16.1. The van der Waals surface area contributed by atoms with Gasteiger partial charge in [0.2, 0.25) is 5.91 Å². The van der Waals surface area contributed by atoms with Gasteiger partial charge in [-0.15, -0.1) is 0 Å². The van der Waals surface area contributed by atoms with E-state index in [0.29, 0.717) is 59.0 Å². The number of nitriles is 1. The second kappa shape index (κ2) is 8.80. The number of carbonyl (C=O) groups excluding carboxylic acids is 1. The summed E-state index contributed by atoms with van der Waals surface area (Å²) >= 11 is 8.03. The van der Waals surface area contributed by atoms with Crippen LogP contribution in [0.1, 0.15) is 11.1 Å². The van der Waals surface area contributed by atoms with Crippen LogP contribution in [-0.2, 0) is 4.79 Å². The van der Waals surface area contributed by atoms with Crippen LogP contribution in [0.2, 0.25) is 5.02 Å². The topological polar surface area (TPSA) is 99.1 Å². The van der Waals surface area contributed by atoms with Gasteiger partial charge in [-0.25, -0.2) is 9.37 Å². The van der Waals surface area contributed by atoms with E-state index in [9.17, 15) is 10.1 Å². The van der Waals surface area contributed by atoms with Gasteiger partial charge in [0.1, 0.15) is 11.6 Å². The van der Waals surface area contributed by atoms with Gasteiger partial charge in [0.25, 0.3) is 0 Å². The Balaban J connectivity index is 1.68. The molecule has 10 heteroatoms. The molecule has 0 aliphatic carbocycles. The van der Waals surface area contributed by atoms with E-state index in [1.807, 2.05) is 17.9 Å². The number of pyridine rings is 1. The van der Waals surface area contributed by atoms with Crippen molar-refractivity contribution >= 4 is 60.8 Å². The number of nitrogens with zero attached hydrogens (tertiary/aromatic N) is 5. The number of carbonyl (C=O) groups is 1. The summed E-state index contributed by atoms with van der Waals surface area (Å²) in [6.45, 7) is 7.35. The number of nitrogens with two attached hydrogens (primary N) is 1. The van der Waals surface area contributed by atoms with Crippen LogP contribution in [0.3, 0.4) is 0 Å². The molecule has 2 aromatic heterocycles. The first-order valence-corrected chi connectivity index (χ1v) is 12.1. The number of anilines is 2. The molecule has 176 valence electrons. The fraction of sp³-hybridized carbons (Fsp3) is 0.200. The van der Waals surface area contributed by atoms with E-state index < -0.39 is 5.82 Å².